The number of rotatable bonds is 2. The third-order valence-electron chi connectivity index (χ3n) is 2.12. The van der Waals surface area contributed by atoms with E-state index >= 15 is 0 Å². The lowest BCUT2D eigenvalue weighted by molar-refractivity contribution is -0.140. The van der Waals surface area contributed by atoms with Crippen molar-refractivity contribution in [1.82, 2.24) is 0 Å². The zero-order valence-corrected chi connectivity index (χ0v) is 11.4. The second-order valence-electron chi connectivity index (χ2n) is 4.83. The first-order valence-electron chi connectivity index (χ1n) is 5.34. The van der Waals surface area contributed by atoms with Gasteiger partial charge in [0.05, 0.1) is 10.3 Å². The molecule has 1 unspecified atom stereocenters. The van der Waals surface area contributed by atoms with Gasteiger partial charge in [0.2, 0.25) is 0 Å². The predicted molar refractivity (Wildman–Crippen MR) is 66.9 cm³/mol. The first-order valence-corrected chi connectivity index (χ1v) is 6.45. The van der Waals surface area contributed by atoms with E-state index in [-0.39, 0.29) is 5.56 Å². The Balaban J connectivity index is 3.05. The van der Waals surface area contributed by atoms with Crippen LogP contribution in [0.2, 0.25) is 0 Å². The smallest absolute Gasteiger partial charge is 0.234 e. The maximum absolute atomic E-state index is 13.0. The summed E-state index contributed by atoms with van der Waals surface area (Å²) < 4.78 is 65.1. The van der Waals surface area contributed by atoms with Crippen LogP contribution >= 0.6 is 0 Å². The van der Waals surface area contributed by atoms with Crippen molar-refractivity contribution in [3.63, 3.8) is 0 Å². The summed E-state index contributed by atoms with van der Waals surface area (Å²) in [6.45, 7) is 5.06. The Hall–Kier alpha value is -1.24. The minimum Gasteiger partial charge on any atom is -0.234 e. The molecule has 0 aliphatic carbocycles. The zero-order chi connectivity index (χ0) is 14.8. The van der Waals surface area contributed by atoms with Crippen molar-refractivity contribution in [2.24, 2.45) is 4.40 Å². The fourth-order valence-electron chi connectivity index (χ4n) is 1.11. The molecule has 1 atom stereocenters. The number of alkyl halides is 3. The van der Waals surface area contributed by atoms with Crippen LogP contribution in [-0.2, 0) is 17.2 Å². The van der Waals surface area contributed by atoms with Gasteiger partial charge < -0.3 is 0 Å². The van der Waals surface area contributed by atoms with Crippen molar-refractivity contribution in [3.8, 4) is 0 Å². The lowest BCUT2D eigenvalue weighted by Gasteiger charge is -2.13. The van der Waals surface area contributed by atoms with Crippen LogP contribution in [0.3, 0.4) is 0 Å². The first kappa shape index (κ1) is 15.8. The average Bonchev–Trinajstić information content (AvgIpc) is 2.24. The Kier molecular flexibility index (Phi) is 4.50. The lowest BCUT2D eigenvalue weighted by Crippen LogP contribution is -2.19. The Labute approximate surface area is 111 Å². The van der Waals surface area contributed by atoms with Gasteiger partial charge in [-0.15, -0.1) is 0 Å². The third-order valence-corrected chi connectivity index (χ3v) is 3.46. The average molecular weight is 295 g/mol. The number of nitrogens with zero attached hydrogens (tertiary/aromatic N) is 1. The van der Waals surface area contributed by atoms with E-state index in [0.717, 1.165) is 12.3 Å². The monoisotopic (exact) mass is 295 g/mol. The maximum atomic E-state index is 13.0. The van der Waals surface area contributed by atoms with E-state index in [1.54, 1.807) is 20.8 Å². The SMILES string of the molecule is CC(C)(C)S(=O)N=Cc1ccc(F)c(C(F)(F)F)c1. The topological polar surface area (TPSA) is 29.4 Å². The standard InChI is InChI=1S/C12H13F4NOS/c1-11(2,3)19(18)17-7-8-4-5-10(13)9(6-8)12(14,15)16/h4-7H,1-3H3. The molecule has 0 amide bonds. The molecule has 0 saturated heterocycles. The molecule has 7 heteroatoms. The molecule has 1 rings (SSSR count). The second-order valence-corrected chi connectivity index (χ2v) is 6.77. The zero-order valence-electron chi connectivity index (χ0n) is 10.6. The van der Waals surface area contributed by atoms with Gasteiger partial charge in [-0.3, -0.25) is 0 Å². The quantitative estimate of drug-likeness (QED) is 0.604. The number of halogens is 4. The first-order chi connectivity index (χ1) is 8.51. The Morgan fingerprint density at radius 1 is 1.21 bits per heavy atom. The molecule has 0 radical (unpaired) electrons. The van der Waals surface area contributed by atoms with Gasteiger partial charge in [-0.2, -0.15) is 17.6 Å². The third kappa shape index (κ3) is 4.41. The molecule has 0 bridgehead atoms. The molecule has 0 aromatic heterocycles. The summed E-state index contributed by atoms with van der Waals surface area (Å²) in [6.07, 6.45) is -3.72. The van der Waals surface area contributed by atoms with E-state index < -0.39 is 33.3 Å². The highest BCUT2D eigenvalue weighted by atomic mass is 32.2. The van der Waals surface area contributed by atoms with Crippen LogP contribution in [0.15, 0.2) is 22.6 Å². The fourth-order valence-corrected chi connectivity index (χ4v) is 1.64. The van der Waals surface area contributed by atoms with Gasteiger partial charge in [0.25, 0.3) is 0 Å². The summed E-state index contributed by atoms with van der Waals surface area (Å²) in [7, 11) is -1.58. The fraction of sp³-hybridized carbons (Fsp3) is 0.417. The summed E-state index contributed by atoms with van der Waals surface area (Å²) >= 11 is 0. The van der Waals surface area contributed by atoms with Gasteiger partial charge in [-0.25, -0.2) is 8.60 Å². The highest BCUT2D eigenvalue weighted by Crippen LogP contribution is 2.31. The summed E-state index contributed by atoms with van der Waals surface area (Å²) in [6, 6.07) is 2.50. The molecule has 2 nitrogen and oxygen atoms in total. The molecule has 0 heterocycles. The molecule has 106 valence electrons. The summed E-state index contributed by atoms with van der Waals surface area (Å²) in [4.78, 5) is 0. The van der Waals surface area contributed by atoms with Crippen molar-refractivity contribution in [2.75, 3.05) is 0 Å². The second kappa shape index (κ2) is 5.40. The minimum absolute atomic E-state index is 0.0475. The highest BCUT2D eigenvalue weighted by molar-refractivity contribution is 7.85. The maximum Gasteiger partial charge on any atom is 0.419 e. The van der Waals surface area contributed by atoms with Crippen molar-refractivity contribution < 1.29 is 21.8 Å². The molecule has 1 aromatic rings. The van der Waals surface area contributed by atoms with Crippen molar-refractivity contribution in [3.05, 3.63) is 35.1 Å². The van der Waals surface area contributed by atoms with Crippen LogP contribution in [0.1, 0.15) is 31.9 Å². The normalized spacial score (nSPS) is 14.9. The van der Waals surface area contributed by atoms with Crippen LogP contribution in [0, 0.1) is 5.82 Å². The van der Waals surface area contributed by atoms with Crippen LogP contribution in [0.5, 0.6) is 0 Å². The van der Waals surface area contributed by atoms with E-state index in [4.69, 9.17) is 0 Å². The Bertz CT molecular complexity index is 517. The van der Waals surface area contributed by atoms with Crippen LogP contribution in [0.4, 0.5) is 17.6 Å². The van der Waals surface area contributed by atoms with Crippen LogP contribution in [0.25, 0.3) is 0 Å². The summed E-state index contributed by atoms with van der Waals surface area (Å²) in [5.74, 6) is -1.35. The van der Waals surface area contributed by atoms with Crippen LogP contribution < -0.4 is 0 Å². The molecule has 0 aliphatic rings. The van der Waals surface area contributed by atoms with E-state index in [2.05, 4.69) is 4.40 Å². The molecule has 1 aromatic carbocycles. The number of benzene rings is 1. The molecule has 0 saturated carbocycles. The Morgan fingerprint density at radius 2 is 1.79 bits per heavy atom. The predicted octanol–water partition coefficient (Wildman–Crippen LogP) is 3.73. The molecule has 19 heavy (non-hydrogen) atoms. The lowest BCUT2D eigenvalue weighted by atomic mass is 10.1. The van der Waals surface area contributed by atoms with Crippen molar-refractivity contribution in [2.45, 2.75) is 31.7 Å². The summed E-state index contributed by atoms with van der Waals surface area (Å²) in [5, 5.41) is 0. The van der Waals surface area contributed by atoms with Gasteiger partial charge in [-0.1, -0.05) is 6.07 Å². The minimum atomic E-state index is -4.77. The molecular weight excluding hydrogens is 282 g/mol. The van der Waals surface area contributed by atoms with Gasteiger partial charge in [-0.05, 0) is 38.5 Å². The van der Waals surface area contributed by atoms with E-state index in [9.17, 15) is 21.8 Å². The van der Waals surface area contributed by atoms with E-state index in [1.807, 2.05) is 0 Å². The van der Waals surface area contributed by atoms with E-state index in [1.165, 1.54) is 0 Å². The van der Waals surface area contributed by atoms with E-state index in [0.29, 0.717) is 12.1 Å². The summed E-state index contributed by atoms with van der Waals surface area (Å²) in [5.41, 5.74) is -1.32. The molecular formula is C12H13F4NOS. The highest BCUT2D eigenvalue weighted by Gasteiger charge is 2.34. The molecule has 0 fully saturated rings. The van der Waals surface area contributed by atoms with Gasteiger partial charge in [0.1, 0.15) is 16.8 Å². The number of hydrogen-bond acceptors (Lipinski definition) is 1. The molecule has 0 N–H and O–H groups in total. The molecule has 0 spiro atoms. The number of hydrogen-bond donors (Lipinski definition) is 0. The van der Waals surface area contributed by atoms with Gasteiger partial charge in [0, 0.05) is 6.21 Å². The Morgan fingerprint density at radius 3 is 2.26 bits per heavy atom. The van der Waals surface area contributed by atoms with Crippen LogP contribution in [-0.4, -0.2) is 15.2 Å². The van der Waals surface area contributed by atoms with Gasteiger partial charge >= 0.3 is 6.18 Å². The largest absolute Gasteiger partial charge is 0.419 e. The van der Waals surface area contributed by atoms with Gasteiger partial charge in [0.15, 0.2) is 0 Å². The molecule has 0 aliphatic heterocycles. The van der Waals surface area contributed by atoms with Crippen molar-refractivity contribution >= 4 is 17.2 Å². The van der Waals surface area contributed by atoms with Crippen molar-refractivity contribution in [1.29, 1.82) is 0 Å².